The van der Waals surface area contributed by atoms with Crippen LogP contribution in [0.5, 0.6) is 11.5 Å². The summed E-state index contributed by atoms with van der Waals surface area (Å²) in [5.74, 6) is 1.56. The molecule has 0 unspecified atom stereocenters. The predicted octanol–water partition coefficient (Wildman–Crippen LogP) is 5.16. The maximum Gasteiger partial charge on any atom is 0.261 e. The summed E-state index contributed by atoms with van der Waals surface area (Å²) < 4.78 is 37.4. The number of carbonyl (C=O) groups excluding carboxylic acids is 1. The van der Waals surface area contributed by atoms with E-state index in [1.165, 1.54) is 0 Å². The summed E-state index contributed by atoms with van der Waals surface area (Å²) in [5, 5.41) is 7.40. The van der Waals surface area contributed by atoms with Crippen LogP contribution in [0.4, 0.5) is 5.69 Å². The van der Waals surface area contributed by atoms with Crippen LogP contribution in [0.15, 0.2) is 78.9 Å². The first-order chi connectivity index (χ1) is 18.5. The van der Waals surface area contributed by atoms with Gasteiger partial charge in [0.2, 0.25) is 0 Å². The SMILES string of the molecule is CC(C)N(C(=O)c1ccc(OCCCCCOc2ccc(C(=N)N)cc2)cc1)c1ccccc1.CS(=O)(=O)O. The molecule has 0 saturated heterocycles. The van der Waals surface area contributed by atoms with Crippen LogP contribution in [-0.2, 0) is 10.1 Å². The summed E-state index contributed by atoms with van der Waals surface area (Å²) in [6.07, 6.45) is 3.55. The first-order valence-corrected chi connectivity index (χ1v) is 14.4. The Morgan fingerprint density at radius 2 is 1.28 bits per heavy atom. The standard InChI is InChI=1S/C28H33N3O3.CH4O3S/c1-21(2)31(24-9-5-3-6-10-24)28(32)23-13-17-26(18-14-23)34-20-8-4-7-19-33-25-15-11-22(12-16-25)27(29)30;1-5(2,3)4/h3,5-6,9-18,21H,4,7-8,19-20H2,1-2H3,(H3,29,30);1H3,(H,2,3,4). The number of nitrogens with two attached hydrogens (primary N) is 1. The number of hydrogen-bond acceptors (Lipinski definition) is 6. The van der Waals surface area contributed by atoms with Gasteiger partial charge in [-0.1, -0.05) is 18.2 Å². The van der Waals surface area contributed by atoms with E-state index in [2.05, 4.69) is 0 Å². The predicted molar refractivity (Wildman–Crippen MR) is 155 cm³/mol. The third kappa shape index (κ3) is 12.0. The summed E-state index contributed by atoms with van der Waals surface area (Å²) >= 11 is 0. The van der Waals surface area contributed by atoms with Crippen molar-refractivity contribution in [1.82, 2.24) is 0 Å². The lowest BCUT2D eigenvalue weighted by molar-refractivity contribution is 0.0980. The van der Waals surface area contributed by atoms with E-state index in [-0.39, 0.29) is 17.8 Å². The number of rotatable bonds is 12. The van der Waals surface area contributed by atoms with E-state index >= 15 is 0 Å². The summed E-state index contributed by atoms with van der Waals surface area (Å²) in [6.45, 7) is 5.27. The van der Waals surface area contributed by atoms with E-state index in [0.717, 1.165) is 36.4 Å². The van der Waals surface area contributed by atoms with Crippen LogP contribution in [0, 0.1) is 5.41 Å². The fourth-order valence-corrected chi connectivity index (χ4v) is 3.56. The van der Waals surface area contributed by atoms with Crippen LogP contribution < -0.4 is 20.1 Å². The van der Waals surface area contributed by atoms with Crippen LogP contribution >= 0.6 is 0 Å². The number of amides is 1. The molecule has 0 aliphatic rings. The van der Waals surface area contributed by atoms with Crippen molar-refractivity contribution in [1.29, 1.82) is 5.41 Å². The Bertz CT molecular complexity index is 1270. The molecule has 0 aromatic heterocycles. The second kappa shape index (κ2) is 15.5. The van der Waals surface area contributed by atoms with Gasteiger partial charge in [0.05, 0.1) is 19.5 Å². The van der Waals surface area contributed by atoms with Gasteiger partial charge < -0.3 is 20.1 Å². The van der Waals surface area contributed by atoms with Crippen LogP contribution in [-0.4, -0.2) is 50.2 Å². The molecule has 0 heterocycles. The zero-order valence-electron chi connectivity index (χ0n) is 22.5. The molecule has 9 nitrogen and oxygen atoms in total. The maximum atomic E-state index is 13.1. The molecule has 4 N–H and O–H groups in total. The van der Waals surface area contributed by atoms with E-state index in [9.17, 15) is 13.2 Å². The number of amidine groups is 1. The average molecular weight is 556 g/mol. The first kappa shape index (κ1) is 31.3. The number of nitrogens with one attached hydrogen (secondary N) is 1. The number of nitrogens with zero attached hydrogens (tertiary/aromatic N) is 1. The summed E-state index contributed by atoms with van der Waals surface area (Å²) in [6, 6.07) is 24.3. The molecule has 0 saturated carbocycles. The van der Waals surface area contributed by atoms with Crippen molar-refractivity contribution in [3.63, 3.8) is 0 Å². The van der Waals surface area contributed by atoms with Gasteiger partial charge in [0.1, 0.15) is 17.3 Å². The maximum absolute atomic E-state index is 13.1. The third-order valence-corrected chi connectivity index (χ3v) is 5.36. The van der Waals surface area contributed by atoms with Gasteiger partial charge in [0.25, 0.3) is 16.0 Å². The molecule has 3 rings (SSSR count). The molecule has 3 aromatic rings. The molecule has 0 bridgehead atoms. The average Bonchev–Trinajstić information content (AvgIpc) is 2.88. The van der Waals surface area contributed by atoms with Gasteiger partial charge in [-0.15, -0.1) is 0 Å². The van der Waals surface area contributed by atoms with Crippen molar-refractivity contribution in [2.45, 2.75) is 39.2 Å². The quantitative estimate of drug-likeness (QED) is 0.121. The van der Waals surface area contributed by atoms with Crippen LogP contribution in [0.2, 0.25) is 0 Å². The molecule has 0 fully saturated rings. The second-order valence-corrected chi connectivity index (χ2v) is 10.5. The Balaban J connectivity index is 0.000000976. The number of para-hydroxylation sites is 1. The fourth-order valence-electron chi connectivity index (χ4n) is 3.56. The molecule has 0 atom stereocenters. The number of unbranched alkanes of at least 4 members (excludes halogenated alkanes) is 2. The minimum Gasteiger partial charge on any atom is -0.494 e. The summed E-state index contributed by atoms with van der Waals surface area (Å²) in [5.41, 5.74) is 7.67. The smallest absolute Gasteiger partial charge is 0.261 e. The van der Waals surface area contributed by atoms with Gasteiger partial charge >= 0.3 is 0 Å². The Labute approximate surface area is 230 Å². The van der Waals surface area contributed by atoms with Gasteiger partial charge in [-0.2, -0.15) is 8.42 Å². The van der Waals surface area contributed by atoms with Crippen molar-refractivity contribution in [3.05, 3.63) is 90.0 Å². The minimum atomic E-state index is -3.67. The van der Waals surface area contributed by atoms with Gasteiger partial charge in [0, 0.05) is 22.9 Å². The van der Waals surface area contributed by atoms with Crippen molar-refractivity contribution >= 4 is 27.5 Å². The Morgan fingerprint density at radius 3 is 1.69 bits per heavy atom. The van der Waals surface area contributed by atoms with Gasteiger partial charge in [-0.05, 0) is 93.8 Å². The summed E-state index contributed by atoms with van der Waals surface area (Å²) in [7, 11) is -3.67. The van der Waals surface area contributed by atoms with Gasteiger partial charge in [-0.25, -0.2) is 0 Å². The van der Waals surface area contributed by atoms with Crippen molar-refractivity contribution in [3.8, 4) is 11.5 Å². The molecule has 0 radical (unpaired) electrons. The number of anilines is 1. The molecule has 0 spiro atoms. The molecule has 0 aliphatic heterocycles. The normalized spacial score (nSPS) is 10.8. The van der Waals surface area contributed by atoms with E-state index < -0.39 is 10.1 Å². The van der Waals surface area contributed by atoms with Crippen LogP contribution in [0.3, 0.4) is 0 Å². The van der Waals surface area contributed by atoms with E-state index in [0.29, 0.717) is 30.6 Å². The molecule has 210 valence electrons. The summed E-state index contributed by atoms with van der Waals surface area (Å²) in [4.78, 5) is 14.9. The van der Waals surface area contributed by atoms with Gasteiger partial charge in [-0.3, -0.25) is 14.8 Å². The molecule has 1 amide bonds. The lowest BCUT2D eigenvalue weighted by atomic mass is 10.1. The molecular weight excluding hydrogens is 518 g/mol. The lowest BCUT2D eigenvalue weighted by Gasteiger charge is -2.27. The Hall–Kier alpha value is -3.89. The molecule has 10 heteroatoms. The van der Waals surface area contributed by atoms with Crippen molar-refractivity contribution < 1.29 is 27.2 Å². The lowest BCUT2D eigenvalue weighted by Crippen LogP contribution is -2.36. The zero-order chi connectivity index (χ0) is 28.8. The van der Waals surface area contributed by atoms with Crippen molar-refractivity contribution in [2.75, 3.05) is 24.4 Å². The second-order valence-electron chi connectivity index (χ2n) is 9.06. The van der Waals surface area contributed by atoms with E-state index in [1.807, 2.05) is 80.6 Å². The van der Waals surface area contributed by atoms with Crippen LogP contribution in [0.25, 0.3) is 0 Å². The monoisotopic (exact) mass is 555 g/mol. The highest BCUT2D eigenvalue weighted by molar-refractivity contribution is 7.85. The molecule has 3 aromatic carbocycles. The molecule has 39 heavy (non-hydrogen) atoms. The number of nitrogen functional groups attached to an aromatic ring is 1. The van der Waals surface area contributed by atoms with Gasteiger partial charge in [0.15, 0.2) is 0 Å². The van der Waals surface area contributed by atoms with E-state index in [1.54, 1.807) is 17.0 Å². The van der Waals surface area contributed by atoms with E-state index in [4.69, 9.17) is 25.2 Å². The van der Waals surface area contributed by atoms with Crippen LogP contribution in [0.1, 0.15) is 49.0 Å². The largest absolute Gasteiger partial charge is 0.494 e. The number of hydrogen-bond donors (Lipinski definition) is 3. The Morgan fingerprint density at radius 1 is 0.846 bits per heavy atom. The fraction of sp³-hybridized carbons (Fsp3) is 0.310. The highest BCUT2D eigenvalue weighted by Gasteiger charge is 2.20. The first-order valence-electron chi connectivity index (χ1n) is 12.6. The molecular formula is C29H37N3O6S. The number of benzene rings is 3. The Kier molecular flexibility index (Phi) is 12.5. The number of carbonyl (C=O) groups is 1. The number of ether oxygens (including phenoxy) is 2. The third-order valence-electron chi connectivity index (χ3n) is 5.36. The van der Waals surface area contributed by atoms with Crippen molar-refractivity contribution in [2.24, 2.45) is 5.73 Å². The highest BCUT2D eigenvalue weighted by Crippen LogP contribution is 2.21. The minimum absolute atomic E-state index is 0.0244. The topological polar surface area (TPSA) is 143 Å². The zero-order valence-corrected chi connectivity index (χ0v) is 23.4. The highest BCUT2D eigenvalue weighted by atomic mass is 32.2. The molecule has 0 aliphatic carbocycles.